The SMILES string of the molecule is CO.CO.CO.CO.Cc1cc(C=NC[C@H](C)[O-])c([O-])c(C=NC[C@@H](C)[O-])c1.Cc1cc(C=NC[C@H](C)[O-])c([O-])c(C=NC[C@@H](C)[O-])c1.Cc1cc(C=NC[C@H](C)[O-])c([O-])c(C=NC[C@@H](C)[O-])c1.Cc1cc(C=NC[C@H](C)[O-])c([O-])c(C=NC[C@@H](C)[O-])c1.O=[N+]([O-])[O-].O=[N+]([O-])[O-].O=[N+]([O-])[O-].O=[N+]([O-])[O-].[Dy+3].[Dy+3].[Dy+3].[Dy+3].[Dy+3].[Dy+3].[O-2]. The Kier molecular flexibility index (Phi) is 122. The van der Waals surface area contributed by atoms with Gasteiger partial charge in [-0.3, -0.25) is 39.9 Å². The first-order chi connectivity index (χ1) is 48.5. The first-order valence-corrected chi connectivity index (χ1v) is 30.1. The van der Waals surface area contributed by atoms with Crippen LogP contribution in [0.4, 0.5) is 0 Å². The fourth-order valence-corrected chi connectivity index (χ4v) is 6.48. The van der Waals surface area contributed by atoms with Crippen LogP contribution in [0.2, 0.25) is 0 Å². The van der Waals surface area contributed by atoms with Crippen LogP contribution in [0.5, 0.6) is 23.0 Å². The van der Waals surface area contributed by atoms with Crippen LogP contribution in [0.1, 0.15) is 122 Å². The normalized spacial score (nSPS) is 11.9. The average molecular weight is 2470 g/mol. The van der Waals surface area contributed by atoms with E-state index in [1.807, 2.05) is 27.7 Å². The predicted octanol–water partition coefficient (Wildman–Crippen LogP) is -5.03. The predicted molar refractivity (Wildman–Crippen MR) is 373 cm³/mol. The van der Waals surface area contributed by atoms with Crippen molar-refractivity contribution >= 4 is 49.7 Å². The third-order valence-corrected chi connectivity index (χ3v) is 9.91. The number of nitrogens with zero attached hydrogens (tertiary/aromatic N) is 12. The zero-order valence-corrected chi connectivity index (χ0v) is 74.9. The number of aliphatic hydroxyl groups is 4. The molecule has 0 unspecified atom stereocenters. The van der Waals surface area contributed by atoms with Crippen LogP contribution in [-0.2, 0) is 5.48 Å². The molecule has 111 heavy (non-hydrogen) atoms. The van der Waals surface area contributed by atoms with E-state index in [2.05, 4.69) is 39.9 Å². The van der Waals surface area contributed by atoms with Gasteiger partial charge in [0, 0.05) is 131 Å². The molecule has 47 heteroatoms. The first-order valence-electron chi connectivity index (χ1n) is 30.1. The molecule has 4 N–H and O–H groups in total. The van der Waals surface area contributed by atoms with Crippen molar-refractivity contribution < 1.29 is 337 Å². The molecule has 41 nitrogen and oxygen atoms in total. The molecule has 0 aliphatic heterocycles. The van der Waals surface area contributed by atoms with Crippen molar-refractivity contribution in [2.24, 2.45) is 39.9 Å². The number of hydrogen-bond acceptors (Lipinski definition) is 36. The van der Waals surface area contributed by atoms with Gasteiger partial charge in [0.15, 0.2) is 0 Å². The molecule has 0 heterocycles. The molecule has 0 spiro atoms. The van der Waals surface area contributed by atoms with Crippen LogP contribution < -0.4 is 61.3 Å². The van der Waals surface area contributed by atoms with E-state index in [9.17, 15) is 61.3 Å². The molecular weight excluding hydrogens is 2380 g/mol. The van der Waals surface area contributed by atoms with Crippen molar-refractivity contribution in [1.82, 2.24) is 0 Å². The Bertz CT molecular complexity index is 2620. The summed E-state index contributed by atoms with van der Waals surface area (Å²) >= 11 is 0. The number of benzene rings is 4. The van der Waals surface area contributed by atoms with E-state index >= 15 is 0 Å². The number of rotatable bonds is 24. The summed E-state index contributed by atoms with van der Waals surface area (Å²) < 4.78 is 0. The molecule has 0 fully saturated rings. The molecule has 0 aromatic heterocycles. The standard InChI is InChI=1S/4C15H20N2O3.4CH4O.6Dy.4NO3.O/c4*1-10-4-13(8-16-6-11(2)18)15(20)14(5-10)9-17-7-12(3)19;4*1-2;;;;;;;4*2-1(3)4;/h4*4-5,8-9,11-12,20H,6-7H2,1-3H3;4*2H,1H3;;;;;;;;;;;/q4*-2;;;;;6*+3;4*-1;-2/p-4/t4*11-,12+;;;;;;;;;;;;;;;. The van der Waals surface area contributed by atoms with Crippen LogP contribution in [-0.4, -0.2) is 220 Å². The van der Waals surface area contributed by atoms with Gasteiger partial charge in [-0.25, -0.2) is 0 Å². The third kappa shape index (κ3) is 99.6. The van der Waals surface area contributed by atoms with Gasteiger partial charge >= 0.3 is 229 Å². The smallest absolute Gasteiger partial charge is 2.00 e. The van der Waals surface area contributed by atoms with Crippen molar-refractivity contribution in [2.45, 2.75) is 132 Å². The van der Waals surface area contributed by atoms with Crippen LogP contribution in [0.3, 0.4) is 0 Å². The molecule has 4 aromatic carbocycles. The number of aliphatic hydroxyl groups excluding tert-OH is 4. The molecule has 8 atom stereocenters. The quantitative estimate of drug-likeness (QED) is 0.0290. The topological polar surface area (TPSA) is 750 Å². The van der Waals surface area contributed by atoms with Crippen LogP contribution >= 0.6 is 0 Å². The minimum atomic E-state index is -1.75. The Morgan fingerprint density at radius 2 is 0.333 bits per heavy atom. The Hall–Kier alpha value is -2.64. The van der Waals surface area contributed by atoms with Crippen LogP contribution in [0.15, 0.2) is 88.5 Å². The summed E-state index contributed by atoms with van der Waals surface area (Å²) in [6, 6.07) is 13.7. The van der Waals surface area contributed by atoms with Crippen molar-refractivity contribution in [3.63, 3.8) is 0 Å². The van der Waals surface area contributed by atoms with Crippen molar-refractivity contribution in [1.29, 1.82) is 0 Å². The Morgan fingerprint density at radius 3 is 0.396 bits per heavy atom. The van der Waals surface area contributed by atoms with Gasteiger partial charge in [0.25, 0.3) is 0 Å². The maximum absolute atomic E-state index is 12.1. The fraction of sp³-hybridized carbons (Fsp3) is 0.500. The molecule has 6 radical (unpaired) electrons. The number of hydrogen-bond donors (Lipinski definition) is 4. The molecule has 0 saturated carbocycles. The van der Waals surface area contributed by atoms with Crippen LogP contribution in [0, 0.1) is 318 Å². The van der Waals surface area contributed by atoms with Gasteiger partial charge in [-0.1, -0.05) is 127 Å². The summed E-state index contributed by atoms with van der Waals surface area (Å²) in [5, 5.41) is 223. The monoisotopic (exact) mass is 2480 g/mol. The second kappa shape index (κ2) is 94.5. The molecule has 642 valence electrons. The maximum Gasteiger partial charge on any atom is 3.00 e. The Balaban J connectivity index is -0.0000000759. The second-order valence-corrected chi connectivity index (χ2v) is 20.4. The third-order valence-electron chi connectivity index (χ3n) is 9.91. The van der Waals surface area contributed by atoms with Gasteiger partial charge in [0.1, 0.15) is 0 Å². The molecule has 0 amide bonds. The summed E-state index contributed by atoms with van der Waals surface area (Å²) in [7, 11) is 4.00. The molecule has 0 aliphatic rings. The van der Waals surface area contributed by atoms with Crippen molar-refractivity contribution in [2.75, 3.05) is 80.8 Å². The number of aliphatic imine (C=N–C) groups is 8. The van der Waals surface area contributed by atoms with Gasteiger partial charge in [-0.2, -0.15) is 0 Å². The minimum Gasteiger partial charge on any atom is -2.00 e. The van der Waals surface area contributed by atoms with E-state index in [1.54, 1.807) is 48.5 Å². The average Bonchev–Trinajstić information content (AvgIpc) is 0.870. The van der Waals surface area contributed by atoms with Gasteiger partial charge in [0.2, 0.25) is 0 Å². The summed E-state index contributed by atoms with van der Waals surface area (Å²) in [6.07, 6.45) is 5.13. The summed E-state index contributed by atoms with van der Waals surface area (Å²) in [6.45, 7) is 20.8. The molecular formula is C64H92Dy6N12O29. The van der Waals surface area contributed by atoms with Gasteiger partial charge < -0.3 is 148 Å². The molecule has 4 rings (SSSR count). The summed E-state index contributed by atoms with van der Waals surface area (Å²) in [5.74, 6) is -0.777. The Morgan fingerprint density at radius 1 is 0.261 bits per heavy atom. The number of aryl methyl sites for hydroxylation is 4. The maximum atomic E-state index is 12.1. The molecule has 0 saturated heterocycles. The minimum absolute atomic E-state index is 0. The fourth-order valence-electron chi connectivity index (χ4n) is 6.48. The van der Waals surface area contributed by atoms with E-state index in [0.717, 1.165) is 50.7 Å². The van der Waals surface area contributed by atoms with Crippen molar-refractivity contribution in [3.05, 3.63) is 177 Å². The van der Waals surface area contributed by atoms with E-state index < -0.39 is 69.2 Å². The first kappa shape index (κ1) is 143. The van der Waals surface area contributed by atoms with Gasteiger partial charge in [0.05, 0.1) is 20.3 Å². The van der Waals surface area contributed by atoms with Gasteiger partial charge in [-0.05, 0) is 94.5 Å². The molecule has 0 aliphatic carbocycles. The zero-order chi connectivity index (χ0) is 82.8. The van der Waals surface area contributed by atoms with Crippen LogP contribution in [0.25, 0.3) is 0 Å². The van der Waals surface area contributed by atoms with E-state index in [-0.39, 0.29) is 310 Å². The van der Waals surface area contributed by atoms with E-state index in [1.165, 1.54) is 105 Å². The molecule has 4 aromatic rings. The largest absolute Gasteiger partial charge is 3.00 e. The zero-order valence-electron chi connectivity index (χ0n) is 62.8. The molecule has 0 bridgehead atoms. The second-order valence-electron chi connectivity index (χ2n) is 20.4. The van der Waals surface area contributed by atoms with E-state index in [0.29, 0.717) is 44.5 Å². The van der Waals surface area contributed by atoms with Crippen molar-refractivity contribution in [3.8, 4) is 23.0 Å². The summed E-state index contributed by atoms with van der Waals surface area (Å²) in [4.78, 5) is 64.7. The summed E-state index contributed by atoms with van der Waals surface area (Å²) in [5.41, 5.74) is 7.06. The Labute approximate surface area is 826 Å². The van der Waals surface area contributed by atoms with Gasteiger partial charge in [-0.15, -0.1) is 48.8 Å². The van der Waals surface area contributed by atoms with E-state index in [4.69, 9.17) is 81.7 Å².